The van der Waals surface area contributed by atoms with Crippen LogP contribution in [0.2, 0.25) is 0 Å². The normalized spacial score (nSPS) is 19.5. The van der Waals surface area contributed by atoms with Crippen LogP contribution in [-0.4, -0.2) is 63.7 Å². The van der Waals surface area contributed by atoms with Crippen molar-refractivity contribution < 1.29 is 0 Å². The van der Waals surface area contributed by atoms with Crippen LogP contribution in [0.1, 0.15) is 51.9 Å². The van der Waals surface area contributed by atoms with Crippen LogP contribution in [0.3, 0.4) is 0 Å². The van der Waals surface area contributed by atoms with Gasteiger partial charge in [-0.1, -0.05) is 32.6 Å². The first-order valence-corrected chi connectivity index (χ1v) is 8.62. The van der Waals surface area contributed by atoms with E-state index < -0.39 is 0 Å². The van der Waals surface area contributed by atoms with Crippen molar-refractivity contribution in [2.45, 2.75) is 51.9 Å². The van der Waals surface area contributed by atoms with Gasteiger partial charge in [-0.2, -0.15) is 0 Å². The van der Waals surface area contributed by atoms with E-state index in [-0.39, 0.29) is 0 Å². The largest absolute Gasteiger partial charge is 0.316 e. The van der Waals surface area contributed by atoms with Crippen LogP contribution >= 0.6 is 0 Å². The van der Waals surface area contributed by atoms with Gasteiger partial charge in [0.2, 0.25) is 0 Å². The van der Waals surface area contributed by atoms with Crippen molar-refractivity contribution in [1.29, 1.82) is 0 Å². The Kier molecular flexibility index (Phi) is 8.74. The predicted octanol–water partition coefficient (Wildman–Crippen LogP) is 2.82. The molecule has 0 spiro atoms. The van der Waals surface area contributed by atoms with Crippen LogP contribution in [0.15, 0.2) is 0 Å². The average Bonchev–Trinajstić information content (AvgIpc) is 2.63. The first-order valence-electron chi connectivity index (χ1n) is 8.62. The predicted molar refractivity (Wildman–Crippen MR) is 89.3 cm³/mol. The molecular formula is C17H37N3. The summed E-state index contributed by atoms with van der Waals surface area (Å²) in [6.07, 6.45) is 9.80. The van der Waals surface area contributed by atoms with Crippen molar-refractivity contribution in [2.24, 2.45) is 5.41 Å². The minimum absolute atomic E-state index is 0.521. The lowest BCUT2D eigenvalue weighted by Gasteiger charge is -2.37. The van der Waals surface area contributed by atoms with Crippen molar-refractivity contribution in [3.63, 3.8) is 0 Å². The van der Waals surface area contributed by atoms with Crippen molar-refractivity contribution in [3.05, 3.63) is 0 Å². The van der Waals surface area contributed by atoms with Crippen LogP contribution in [-0.2, 0) is 0 Å². The Bertz CT molecular complexity index is 232. The second-order valence-corrected chi connectivity index (χ2v) is 7.13. The van der Waals surface area contributed by atoms with Gasteiger partial charge in [-0.3, -0.25) is 0 Å². The van der Waals surface area contributed by atoms with Gasteiger partial charge in [0.25, 0.3) is 0 Å². The van der Waals surface area contributed by atoms with Crippen LogP contribution < -0.4 is 5.32 Å². The van der Waals surface area contributed by atoms with E-state index >= 15 is 0 Å². The summed E-state index contributed by atoms with van der Waals surface area (Å²) < 4.78 is 0. The topological polar surface area (TPSA) is 18.5 Å². The standard InChI is InChI=1S/C17H37N3/c1-5-12-18-15-17(10-8-6-7-9-11-17)16-20(4)14-13-19(2)3/h18H,5-16H2,1-4H3. The highest BCUT2D eigenvalue weighted by atomic mass is 15.2. The molecule has 3 nitrogen and oxygen atoms in total. The summed E-state index contributed by atoms with van der Waals surface area (Å²) in [5, 5.41) is 3.71. The first-order chi connectivity index (χ1) is 9.58. The third kappa shape index (κ3) is 7.05. The van der Waals surface area contributed by atoms with Crippen molar-refractivity contribution in [1.82, 2.24) is 15.1 Å². The van der Waals surface area contributed by atoms with Crippen LogP contribution in [0.4, 0.5) is 0 Å². The van der Waals surface area contributed by atoms with Gasteiger partial charge >= 0.3 is 0 Å². The molecule has 0 atom stereocenters. The Morgan fingerprint density at radius 3 is 2.15 bits per heavy atom. The minimum Gasteiger partial charge on any atom is -0.316 e. The lowest BCUT2D eigenvalue weighted by molar-refractivity contribution is 0.140. The summed E-state index contributed by atoms with van der Waals surface area (Å²) in [6, 6.07) is 0. The van der Waals surface area contributed by atoms with Gasteiger partial charge < -0.3 is 15.1 Å². The second kappa shape index (κ2) is 9.75. The fourth-order valence-corrected chi connectivity index (χ4v) is 3.42. The quantitative estimate of drug-likeness (QED) is 0.518. The maximum absolute atomic E-state index is 3.71. The fourth-order valence-electron chi connectivity index (χ4n) is 3.42. The molecule has 0 radical (unpaired) electrons. The number of likely N-dealkylation sites (N-methyl/N-ethyl adjacent to an activating group) is 2. The van der Waals surface area contributed by atoms with Crippen molar-refractivity contribution in [2.75, 3.05) is 53.9 Å². The molecule has 3 heteroatoms. The highest BCUT2D eigenvalue weighted by Crippen LogP contribution is 2.35. The number of rotatable bonds is 9. The number of nitrogens with zero attached hydrogens (tertiary/aromatic N) is 2. The van der Waals surface area contributed by atoms with Gasteiger partial charge in [-0.25, -0.2) is 0 Å². The summed E-state index contributed by atoms with van der Waals surface area (Å²) in [6.45, 7) is 8.25. The summed E-state index contributed by atoms with van der Waals surface area (Å²) in [4.78, 5) is 4.84. The van der Waals surface area contributed by atoms with Gasteiger partial charge in [-0.15, -0.1) is 0 Å². The van der Waals surface area contributed by atoms with E-state index in [9.17, 15) is 0 Å². The van der Waals surface area contributed by atoms with Crippen molar-refractivity contribution >= 4 is 0 Å². The van der Waals surface area contributed by atoms with E-state index in [4.69, 9.17) is 0 Å². The van der Waals surface area contributed by atoms with Gasteiger partial charge in [0.15, 0.2) is 0 Å². The van der Waals surface area contributed by atoms with Gasteiger partial charge in [0, 0.05) is 26.2 Å². The highest BCUT2D eigenvalue weighted by molar-refractivity contribution is 4.86. The maximum Gasteiger partial charge on any atom is 0.0106 e. The Labute approximate surface area is 127 Å². The highest BCUT2D eigenvalue weighted by Gasteiger charge is 2.31. The van der Waals surface area contributed by atoms with Crippen LogP contribution in [0.25, 0.3) is 0 Å². The Morgan fingerprint density at radius 2 is 1.60 bits per heavy atom. The lowest BCUT2D eigenvalue weighted by Crippen LogP contribution is -2.44. The molecule has 1 aliphatic carbocycles. The average molecular weight is 284 g/mol. The van der Waals surface area contributed by atoms with Crippen LogP contribution in [0.5, 0.6) is 0 Å². The third-order valence-electron chi connectivity index (χ3n) is 4.63. The molecule has 20 heavy (non-hydrogen) atoms. The van der Waals surface area contributed by atoms with E-state index in [2.05, 4.69) is 43.2 Å². The molecule has 1 rings (SSSR count). The summed E-state index contributed by atoms with van der Waals surface area (Å²) in [5.41, 5.74) is 0.521. The molecule has 0 aromatic heterocycles. The number of hydrogen-bond acceptors (Lipinski definition) is 3. The summed E-state index contributed by atoms with van der Waals surface area (Å²) in [7, 11) is 6.63. The lowest BCUT2D eigenvalue weighted by atomic mass is 9.79. The molecule has 120 valence electrons. The van der Waals surface area contributed by atoms with Gasteiger partial charge in [-0.05, 0) is 52.4 Å². The smallest absolute Gasteiger partial charge is 0.0106 e. The number of hydrogen-bond donors (Lipinski definition) is 1. The third-order valence-corrected chi connectivity index (χ3v) is 4.63. The molecule has 0 aliphatic heterocycles. The molecule has 0 saturated heterocycles. The van der Waals surface area contributed by atoms with E-state index in [1.165, 1.54) is 71.1 Å². The molecule has 0 unspecified atom stereocenters. The Hall–Kier alpha value is -0.120. The fraction of sp³-hybridized carbons (Fsp3) is 1.00. The van der Waals surface area contributed by atoms with Crippen molar-refractivity contribution in [3.8, 4) is 0 Å². The minimum atomic E-state index is 0.521. The molecular weight excluding hydrogens is 246 g/mol. The zero-order valence-corrected chi connectivity index (χ0v) is 14.4. The number of nitrogens with one attached hydrogen (secondary N) is 1. The summed E-state index contributed by atoms with van der Waals surface area (Å²) >= 11 is 0. The zero-order chi connectivity index (χ0) is 14.8. The molecule has 1 fully saturated rings. The molecule has 1 saturated carbocycles. The molecule has 0 bridgehead atoms. The molecule has 1 N–H and O–H groups in total. The second-order valence-electron chi connectivity index (χ2n) is 7.13. The Morgan fingerprint density at radius 1 is 0.950 bits per heavy atom. The maximum atomic E-state index is 3.71. The molecule has 0 heterocycles. The van der Waals surface area contributed by atoms with Gasteiger partial charge in [0.1, 0.15) is 0 Å². The molecule has 1 aliphatic rings. The van der Waals surface area contributed by atoms with E-state index in [0.29, 0.717) is 5.41 Å². The monoisotopic (exact) mass is 283 g/mol. The van der Waals surface area contributed by atoms with E-state index in [1.807, 2.05) is 0 Å². The first kappa shape index (κ1) is 17.9. The molecule has 0 aromatic rings. The van der Waals surface area contributed by atoms with Gasteiger partial charge in [0.05, 0.1) is 0 Å². The summed E-state index contributed by atoms with van der Waals surface area (Å²) in [5.74, 6) is 0. The molecule has 0 aromatic carbocycles. The van der Waals surface area contributed by atoms with Crippen LogP contribution in [0, 0.1) is 5.41 Å². The van der Waals surface area contributed by atoms with E-state index in [1.54, 1.807) is 0 Å². The van der Waals surface area contributed by atoms with E-state index in [0.717, 1.165) is 6.54 Å². The SMILES string of the molecule is CCCNCC1(CN(C)CCN(C)C)CCCCCC1. The Balaban J connectivity index is 2.51. The molecule has 0 amide bonds. The zero-order valence-electron chi connectivity index (χ0n) is 14.4.